The third kappa shape index (κ3) is 2.94. The van der Waals surface area contributed by atoms with E-state index in [9.17, 15) is 9.18 Å². The number of carbonyl (C=O) groups is 1. The number of nitrogens with one attached hydrogen (secondary N) is 2. The summed E-state index contributed by atoms with van der Waals surface area (Å²) in [6, 6.07) is 4.62. The molecule has 4 N–H and O–H groups in total. The molecule has 1 aromatic rings. The lowest BCUT2D eigenvalue weighted by molar-refractivity contribution is 0.1000. The molecule has 0 spiro atoms. The van der Waals surface area contributed by atoms with Crippen molar-refractivity contribution in [1.29, 1.82) is 0 Å². The van der Waals surface area contributed by atoms with Crippen LogP contribution in [0.4, 0.5) is 10.1 Å². The maximum atomic E-state index is 13.6. The zero-order valence-corrected chi connectivity index (χ0v) is 9.50. The molecule has 5 heteroatoms. The van der Waals surface area contributed by atoms with Gasteiger partial charge in [0.15, 0.2) is 0 Å². The Labute approximate surface area is 99.4 Å². The van der Waals surface area contributed by atoms with Gasteiger partial charge in [-0.2, -0.15) is 0 Å². The molecule has 1 saturated heterocycles. The number of anilines is 1. The molecular formula is C12H16FN3O. The van der Waals surface area contributed by atoms with Gasteiger partial charge in [-0.05, 0) is 37.6 Å². The molecule has 0 aliphatic carbocycles. The van der Waals surface area contributed by atoms with Gasteiger partial charge in [0.25, 0.3) is 0 Å². The third-order valence-electron chi connectivity index (χ3n) is 2.95. The van der Waals surface area contributed by atoms with E-state index in [0.717, 1.165) is 25.5 Å². The Morgan fingerprint density at radius 3 is 3.00 bits per heavy atom. The lowest BCUT2D eigenvalue weighted by Gasteiger charge is -2.13. The van der Waals surface area contributed by atoms with Crippen LogP contribution in [-0.2, 0) is 0 Å². The second-order valence-electron chi connectivity index (χ2n) is 4.23. The van der Waals surface area contributed by atoms with Gasteiger partial charge in [-0.25, -0.2) is 4.39 Å². The second-order valence-corrected chi connectivity index (χ2v) is 4.23. The average molecular weight is 237 g/mol. The summed E-state index contributed by atoms with van der Waals surface area (Å²) >= 11 is 0. The summed E-state index contributed by atoms with van der Waals surface area (Å²) in [5.41, 5.74) is 5.66. The molecule has 1 amide bonds. The highest BCUT2D eigenvalue weighted by Gasteiger charge is 2.14. The van der Waals surface area contributed by atoms with Crippen molar-refractivity contribution in [2.24, 2.45) is 5.73 Å². The predicted octanol–water partition coefficient (Wildman–Crippen LogP) is 1.09. The average Bonchev–Trinajstić information content (AvgIpc) is 2.80. The summed E-state index contributed by atoms with van der Waals surface area (Å²) in [7, 11) is 0. The molecule has 1 atom stereocenters. The molecule has 17 heavy (non-hydrogen) atoms. The third-order valence-corrected chi connectivity index (χ3v) is 2.95. The quantitative estimate of drug-likeness (QED) is 0.734. The predicted molar refractivity (Wildman–Crippen MR) is 64.4 cm³/mol. The molecule has 1 aliphatic rings. The standard InChI is InChI=1S/C12H16FN3O/c13-10-6-8(12(14)17)3-4-11(10)16-7-9-2-1-5-15-9/h3-4,6,9,15-16H,1-2,5,7H2,(H2,14,17). The van der Waals surface area contributed by atoms with Gasteiger partial charge in [-0.1, -0.05) is 0 Å². The van der Waals surface area contributed by atoms with E-state index in [1.165, 1.54) is 6.07 Å². The fraction of sp³-hybridized carbons (Fsp3) is 0.417. The number of hydrogen-bond donors (Lipinski definition) is 3. The van der Waals surface area contributed by atoms with Gasteiger partial charge in [-0.3, -0.25) is 4.79 Å². The number of primary amides is 1. The van der Waals surface area contributed by atoms with E-state index in [1.807, 2.05) is 0 Å². The Bertz CT molecular complexity index is 416. The normalized spacial score (nSPS) is 19.2. The number of halogens is 1. The largest absolute Gasteiger partial charge is 0.381 e. The highest BCUT2D eigenvalue weighted by Crippen LogP contribution is 2.16. The van der Waals surface area contributed by atoms with Gasteiger partial charge in [0, 0.05) is 18.2 Å². The molecular weight excluding hydrogens is 221 g/mol. The number of nitrogens with two attached hydrogens (primary N) is 1. The molecule has 1 fully saturated rings. The van der Waals surface area contributed by atoms with E-state index < -0.39 is 11.7 Å². The van der Waals surface area contributed by atoms with Gasteiger partial charge in [0.2, 0.25) is 5.91 Å². The van der Waals surface area contributed by atoms with Crippen LogP contribution in [0.15, 0.2) is 18.2 Å². The zero-order valence-electron chi connectivity index (χ0n) is 9.50. The Kier molecular flexibility index (Phi) is 3.58. The Morgan fingerprint density at radius 2 is 2.41 bits per heavy atom. The van der Waals surface area contributed by atoms with E-state index in [-0.39, 0.29) is 5.56 Å². The summed E-state index contributed by atoms with van der Waals surface area (Å²) < 4.78 is 13.6. The monoisotopic (exact) mass is 237 g/mol. The van der Waals surface area contributed by atoms with E-state index in [1.54, 1.807) is 6.07 Å². The van der Waals surface area contributed by atoms with Gasteiger partial charge >= 0.3 is 0 Å². The van der Waals surface area contributed by atoms with Crippen molar-refractivity contribution in [1.82, 2.24) is 5.32 Å². The van der Waals surface area contributed by atoms with E-state index in [0.29, 0.717) is 18.3 Å². The maximum Gasteiger partial charge on any atom is 0.248 e. The number of amides is 1. The fourth-order valence-electron chi connectivity index (χ4n) is 1.98. The van der Waals surface area contributed by atoms with Crippen molar-refractivity contribution >= 4 is 11.6 Å². The summed E-state index contributed by atoms with van der Waals surface area (Å²) in [4.78, 5) is 10.9. The van der Waals surface area contributed by atoms with E-state index >= 15 is 0 Å². The highest BCUT2D eigenvalue weighted by atomic mass is 19.1. The minimum Gasteiger partial charge on any atom is -0.381 e. The molecule has 0 saturated carbocycles. The molecule has 1 aromatic carbocycles. The maximum absolute atomic E-state index is 13.6. The molecule has 4 nitrogen and oxygen atoms in total. The summed E-state index contributed by atoms with van der Waals surface area (Å²) in [6.45, 7) is 1.71. The number of benzene rings is 1. The van der Waals surface area contributed by atoms with Crippen LogP contribution in [0.1, 0.15) is 23.2 Å². The van der Waals surface area contributed by atoms with Crippen molar-refractivity contribution in [2.75, 3.05) is 18.4 Å². The number of hydrogen-bond acceptors (Lipinski definition) is 3. The van der Waals surface area contributed by atoms with Crippen molar-refractivity contribution < 1.29 is 9.18 Å². The van der Waals surface area contributed by atoms with Crippen LogP contribution in [0.25, 0.3) is 0 Å². The van der Waals surface area contributed by atoms with Gasteiger partial charge in [0.05, 0.1) is 5.69 Å². The van der Waals surface area contributed by atoms with Crippen molar-refractivity contribution in [2.45, 2.75) is 18.9 Å². The molecule has 1 heterocycles. The number of carbonyl (C=O) groups excluding carboxylic acids is 1. The Morgan fingerprint density at radius 1 is 1.59 bits per heavy atom. The second kappa shape index (κ2) is 5.14. The SMILES string of the molecule is NC(=O)c1ccc(NCC2CCCN2)c(F)c1. The van der Waals surface area contributed by atoms with Crippen LogP contribution in [-0.4, -0.2) is 25.0 Å². The van der Waals surface area contributed by atoms with Crippen molar-refractivity contribution in [3.8, 4) is 0 Å². The first kappa shape index (κ1) is 11.9. The minimum atomic E-state index is -0.618. The zero-order chi connectivity index (χ0) is 12.3. The van der Waals surface area contributed by atoms with E-state index in [4.69, 9.17) is 5.73 Å². The lowest BCUT2D eigenvalue weighted by Crippen LogP contribution is -2.29. The molecule has 0 aromatic heterocycles. The van der Waals surface area contributed by atoms with Crippen LogP contribution in [0.5, 0.6) is 0 Å². The van der Waals surface area contributed by atoms with Gasteiger partial charge < -0.3 is 16.4 Å². The minimum absolute atomic E-state index is 0.187. The molecule has 2 rings (SSSR count). The van der Waals surface area contributed by atoms with Crippen LogP contribution >= 0.6 is 0 Å². The first-order chi connectivity index (χ1) is 8.16. The van der Waals surface area contributed by atoms with Gasteiger partial charge in [0.1, 0.15) is 5.82 Å². The summed E-state index contributed by atoms with van der Waals surface area (Å²) in [6.07, 6.45) is 2.27. The van der Waals surface area contributed by atoms with Crippen LogP contribution in [0, 0.1) is 5.82 Å². The molecule has 0 bridgehead atoms. The molecule has 0 radical (unpaired) electrons. The highest BCUT2D eigenvalue weighted by molar-refractivity contribution is 5.93. The summed E-state index contributed by atoms with van der Waals surface area (Å²) in [5, 5.41) is 6.35. The summed E-state index contributed by atoms with van der Waals surface area (Å²) in [5.74, 6) is -1.06. The Hall–Kier alpha value is -1.62. The molecule has 1 unspecified atom stereocenters. The number of rotatable bonds is 4. The first-order valence-corrected chi connectivity index (χ1v) is 5.73. The van der Waals surface area contributed by atoms with E-state index in [2.05, 4.69) is 10.6 Å². The fourth-order valence-corrected chi connectivity index (χ4v) is 1.98. The first-order valence-electron chi connectivity index (χ1n) is 5.73. The van der Waals surface area contributed by atoms with Crippen LogP contribution < -0.4 is 16.4 Å². The van der Waals surface area contributed by atoms with Crippen LogP contribution in [0.3, 0.4) is 0 Å². The molecule has 92 valence electrons. The van der Waals surface area contributed by atoms with Crippen molar-refractivity contribution in [3.63, 3.8) is 0 Å². The molecule has 1 aliphatic heterocycles. The van der Waals surface area contributed by atoms with Crippen LogP contribution in [0.2, 0.25) is 0 Å². The van der Waals surface area contributed by atoms with Crippen molar-refractivity contribution in [3.05, 3.63) is 29.6 Å². The van der Waals surface area contributed by atoms with Gasteiger partial charge in [-0.15, -0.1) is 0 Å². The lowest BCUT2D eigenvalue weighted by atomic mass is 10.1. The topological polar surface area (TPSA) is 67.2 Å². The Balaban J connectivity index is 1.98. The smallest absolute Gasteiger partial charge is 0.248 e.